The molecule has 4 nitrogen and oxygen atoms in total. The summed E-state index contributed by atoms with van der Waals surface area (Å²) in [6.07, 6.45) is 5.05. The summed E-state index contributed by atoms with van der Waals surface area (Å²) in [5.74, 6) is 0.942. The summed E-state index contributed by atoms with van der Waals surface area (Å²) in [5.41, 5.74) is 1.43. The molecule has 2 fully saturated rings. The summed E-state index contributed by atoms with van der Waals surface area (Å²) in [4.78, 5) is 7.02. The maximum atomic E-state index is 4.40. The van der Waals surface area contributed by atoms with Crippen LogP contribution in [-0.2, 0) is 6.42 Å². The lowest BCUT2D eigenvalue weighted by Gasteiger charge is -2.18. The van der Waals surface area contributed by atoms with E-state index in [1.54, 1.807) is 0 Å². The third-order valence-electron chi connectivity index (χ3n) is 5.10. The predicted molar refractivity (Wildman–Crippen MR) is 103 cm³/mol. The van der Waals surface area contributed by atoms with Crippen molar-refractivity contribution in [3.8, 4) is 0 Å². The number of rotatable bonds is 5. The maximum absolute atomic E-state index is 4.40. The van der Waals surface area contributed by atoms with E-state index in [9.17, 15) is 0 Å². The normalized spacial score (nSPS) is 22.2. The maximum Gasteiger partial charge on any atom is 0.191 e. The number of hydrogen-bond acceptors (Lipinski definition) is 3. The second-order valence-electron chi connectivity index (χ2n) is 6.86. The Labute approximate surface area is 148 Å². The molecule has 0 bridgehead atoms. The van der Waals surface area contributed by atoms with Gasteiger partial charge in [0.1, 0.15) is 0 Å². The van der Waals surface area contributed by atoms with Crippen LogP contribution in [0.3, 0.4) is 0 Å². The largest absolute Gasteiger partial charge is 0.356 e. The molecule has 4 rings (SSSR count). The van der Waals surface area contributed by atoms with Gasteiger partial charge >= 0.3 is 0 Å². The molecule has 2 aliphatic rings. The highest BCUT2D eigenvalue weighted by Crippen LogP contribution is 2.29. The number of fused-ring (bicyclic) bond motifs is 1. The van der Waals surface area contributed by atoms with Crippen molar-refractivity contribution >= 4 is 27.4 Å². The second kappa shape index (κ2) is 7.11. The number of likely N-dealkylation sites (tertiary alicyclic amines) is 1. The summed E-state index contributed by atoms with van der Waals surface area (Å²) in [6.45, 7) is 3.32. The minimum absolute atomic E-state index is 0.541. The lowest BCUT2D eigenvalue weighted by Crippen LogP contribution is -2.45. The fourth-order valence-electron chi connectivity index (χ4n) is 3.61. The van der Waals surface area contributed by atoms with E-state index in [4.69, 9.17) is 0 Å². The van der Waals surface area contributed by atoms with Gasteiger partial charge in [-0.1, -0.05) is 18.2 Å². The monoisotopic (exact) mass is 342 g/mol. The van der Waals surface area contributed by atoms with E-state index >= 15 is 0 Å². The Balaban J connectivity index is 1.26. The molecule has 1 aliphatic heterocycles. The van der Waals surface area contributed by atoms with Gasteiger partial charge in [-0.25, -0.2) is 0 Å². The first kappa shape index (κ1) is 15.9. The van der Waals surface area contributed by atoms with Crippen molar-refractivity contribution in [1.29, 1.82) is 0 Å². The van der Waals surface area contributed by atoms with Crippen molar-refractivity contribution in [2.75, 3.05) is 26.7 Å². The molecular formula is C19H26N4S. The fraction of sp³-hybridized carbons (Fsp3) is 0.526. The zero-order valence-electron chi connectivity index (χ0n) is 14.3. The van der Waals surface area contributed by atoms with Gasteiger partial charge < -0.3 is 10.6 Å². The van der Waals surface area contributed by atoms with E-state index in [1.165, 1.54) is 48.0 Å². The van der Waals surface area contributed by atoms with Crippen molar-refractivity contribution in [2.45, 2.75) is 37.8 Å². The first-order valence-corrected chi connectivity index (χ1v) is 9.88. The van der Waals surface area contributed by atoms with Gasteiger partial charge in [0.2, 0.25) is 0 Å². The molecule has 2 aromatic rings. The summed E-state index contributed by atoms with van der Waals surface area (Å²) >= 11 is 1.83. The summed E-state index contributed by atoms with van der Waals surface area (Å²) in [6, 6.07) is 10.1. The number of aliphatic imine (C=N–C) groups is 1. The zero-order valence-corrected chi connectivity index (χ0v) is 15.1. The van der Waals surface area contributed by atoms with Crippen LogP contribution in [-0.4, -0.2) is 49.6 Å². The molecule has 1 aliphatic carbocycles. The Kier molecular flexibility index (Phi) is 4.72. The molecule has 2 heterocycles. The Morgan fingerprint density at radius 3 is 3.00 bits per heavy atom. The van der Waals surface area contributed by atoms with Crippen molar-refractivity contribution in [3.63, 3.8) is 0 Å². The average molecular weight is 343 g/mol. The fourth-order valence-corrected chi connectivity index (χ4v) is 4.60. The van der Waals surface area contributed by atoms with Crippen LogP contribution in [0.4, 0.5) is 0 Å². The zero-order chi connectivity index (χ0) is 16.4. The molecular weight excluding hydrogens is 316 g/mol. The molecule has 1 atom stereocenters. The van der Waals surface area contributed by atoms with Crippen LogP contribution in [0.1, 0.15) is 24.8 Å². The lowest BCUT2D eigenvalue weighted by atomic mass is 10.1. The van der Waals surface area contributed by atoms with E-state index in [1.807, 2.05) is 18.4 Å². The number of guanidine groups is 1. The third-order valence-corrected chi connectivity index (χ3v) is 6.11. The molecule has 5 heteroatoms. The molecule has 1 saturated carbocycles. The van der Waals surface area contributed by atoms with Gasteiger partial charge in [-0.15, -0.1) is 11.3 Å². The van der Waals surface area contributed by atoms with Crippen molar-refractivity contribution in [3.05, 3.63) is 35.2 Å². The van der Waals surface area contributed by atoms with Crippen LogP contribution in [0.15, 0.2) is 34.6 Å². The highest BCUT2D eigenvalue weighted by molar-refractivity contribution is 7.17. The predicted octanol–water partition coefficient (Wildman–Crippen LogP) is 2.85. The number of hydrogen-bond donors (Lipinski definition) is 2. The van der Waals surface area contributed by atoms with Gasteiger partial charge in [0.05, 0.1) is 0 Å². The van der Waals surface area contributed by atoms with Gasteiger partial charge in [-0.3, -0.25) is 9.89 Å². The smallest absolute Gasteiger partial charge is 0.191 e. The highest BCUT2D eigenvalue weighted by atomic mass is 32.1. The van der Waals surface area contributed by atoms with Gasteiger partial charge in [-0.05, 0) is 48.1 Å². The van der Waals surface area contributed by atoms with Crippen LogP contribution in [0.25, 0.3) is 10.1 Å². The summed E-state index contributed by atoms with van der Waals surface area (Å²) < 4.78 is 1.38. The molecule has 0 radical (unpaired) electrons. The van der Waals surface area contributed by atoms with Gasteiger partial charge in [0, 0.05) is 43.5 Å². The van der Waals surface area contributed by atoms with Crippen LogP contribution in [0.2, 0.25) is 0 Å². The number of thiophene rings is 1. The van der Waals surface area contributed by atoms with E-state index in [2.05, 4.69) is 50.2 Å². The molecule has 128 valence electrons. The Hall–Kier alpha value is -1.59. The number of nitrogens with one attached hydrogen (secondary N) is 2. The summed E-state index contributed by atoms with van der Waals surface area (Å²) in [7, 11) is 1.86. The van der Waals surface area contributed by atoms with Gasteiger partial charge in [0.15, 0.2) is 5.96 Å². The van der Waals surface area contributed by atoms with Crippen molar-refractivity contribution in [2.24, 2.45) is 4.99 Å². The first-order valence-electron chi connectivity index (χ1n) is 9.00. The van der Waals surface area contributed by atoms with Crippen LogP contribution in [0.5, 0.6) is 0 Å². The topological polar surface area (TPSA) is 39.7 Å². The van der Waals surface area contributed by atoms with Crippen molar-refractivity contribution in [1.82, 2.24) is 15.5 Å². The van der Waals surface area contributed by atoms with E-state index in [0.29, 0.717) is 6.04 Å². The molecule has 0 amide bonds. The van der Waals surface area contributed by atoms with Crippen LogP contribution >= 0.6 is 11.3 Å². The molecule has 24 heavy (non-hydrogen) atoms. The number of benzene rings is 1. The molecule has 0 spiro atoms. The standard InChI is InChI=1S/C19H26N4S/c1-20-19(22-15-9-11-23(12-15)16-6-7-16)21-10-8-14-13-24-18-5-3-2-4-17(14)18/h2-5,13,15-16H,6-12H2,1H3,(H2,20,21,22). The second-order valence-corrected chi connectivity index (χ2v) is 7.77. The minimum atomic E-state index is 0.541. The lowest BCUT2D eigenvalue weighted by molar-refractivity contribution is 0.321. The van der Waals surface area contributed by atoms with Gasteiger partial charge in [0.25, 0.3) is 0 Å². The molecule has 1 saturated heterocycles. The summed E-state index contributed by atoms with van der Waals surface area (Å²) in [5, 5.41) is 10.8. The van der Waals surface area contributed by atoms with E-state index in [-0.39, 0.29) is 0 Å². The molecule has 2 N–H and O–H groups in total. The Bertz CT molecular complexity index is 719. The Morgan fingerprint density at radius 1 is 1.29 bits per heavy atom. The third kappa shape index (κ3) is 3.57. The molecule has 1 unspecified atom stereocenters. The SMILES string of the molecule is CN=C(NCCc1csc2ccccc12)NC1CCN(C2CC2)C1. The first-order chi connectivity index (χ1) is 11.8. The quantitative estimate of drug-likeness (QED) is 0.648. The Morgan fingerprint density at radius 2 is 2.17 bits per heavy atom. The van der Waals surface area contributed by atoms with E-state index in [0.717, 1.165) is 25.0 Å². The highest BCUT2D eigenvalue weighted by Gasteiger charge is 2.34. The van der Waals surface area contributed by atoms with Gasteiger partial charge in [-0.2, -0.15) is 0 Å². The van der Waals surface area contributed by atoms with E-state index < -0.39 is 0 Å². The van der Waals surface area contributed by atoms with Crippen LogP contribution in [0, 0.1) is 0 Å². The van der Waals surface area contributed by atoms with Crippen molar-refractivity contribution < 1.29 is 0 Å². The minimum Gasteiger partial charge on any atom is -0.356 e. The van der Waals surface area contributed by atoms with Crippen LogP contribution < -0.4 is 10.6 Å². The average Bonchev–Trinajstić information content (AvgIpc) is 3.22. The number of nitrogens with zero attached hydrogens (tertiary/aromatic N) is 2. The molecule has 1 aromatic heterocycles. The molecule has 1 aromatic carbocycles.